The number of allylic oxidation sites excluding steroid dienone is 2. The molecule has 1 aromatic carbocycles. The van der Waals surface area contributed by atoms with Crippen molar-refractivity contribution in [3.05, 3.63) is 52.6 Å². The minimum atomic E-state index is -3.60. The van der Waals surface area contributed by atoms with Gasteiger partial charge in [-0.2, -0.15) is 5.26 Å². The van der Waals surface area contributed by atoms with Gasteiger partial charge in [0.25, 0.3) is 0 Å². The van der Waals surface area contributed by atoms with Crippen LogP contribution in [-0.2, 0) is 24.3 Å². The Kier molecular flexibility index (Phi) is 5.93. The number of rotatable bonds is 5. The molecular formula is C18H21N3O5S. The van der Waals surface area contributed by atoms with E-state index < -0.39 is 21.9 Å². The van der Waals surface area contributed by atoms with Crippen molar-refractivity contribution in [3.8, 4) is 6.07 Å². The molecule has 8 nitrogen and oxygen atoms in total. The van der Waals surface area contributed by atoms with Gasteiger partial charge in [-0.1, -0.05) is 12.1 Å². The molecule has 2 N–H and O–H groups in total. The standard InChI is InChI=1S/C18H21N3O5S/c1-5-25-18(22)15-11(2)26-17(20)14(10-19)16(15)12-6-8-13(9-7-12)27(23,24)21(3)4/h6-9,16H,5,20H2,1-4H3. The number of nitrogens with two attached hydrogens (primary N) is 1. The highest BCUT2D eigenvalue weighted by molar-refractivity contribution is 7.89. The summed E-state index contributed by atoms with van der Waals surface area (Å²) in [6.45, 7) is 3.39. The lowest BCUT2D eigenvalue weighted by Crippen LogP contribution is -2.26. The minimum absolute atomic E-state index is 0.0619. The molecule has 0 saturated carbocycles. The van der Waals surface area contributed by atoms with Gasteiger partial charge in [-0.05, 0) is 31.5 Å². The van der Waals surface area contributed by atoms with E-state index in [2.05, 4.69) is 0 Å². The average Bonchev–Trinajstić information content (AvgIpc) is 2.61. The molecule has 2 rings (SSSR count). The summed E-state index contributed by atoms with van der Waals surface area (Å²) in [5.41, 5.74) is 6.57. The van der Waals surface area contributed by atoms with Crippen LogP contribution in [0.15, 0.2) is 51.9 Å². The SMILES string of the molecule is CCOC(=O)C1=C(C)OC(N)=C(C#N)C1c1ccc(S(=O)(=O)N(C)C)cc1. The molecule has 0 bridgehead atoms. The highest BCUT2D eigenvalue weighted by Gasteiger charge is 2.36. The Labute approximate surface area is 158 Å². The van der Waals surface area contributed by atoms with Crippen molar-refractivity contribution in [1.82, 2.24) is 4.31 Å². The molecule has 1 aliphatic heterocycles. The molecule has 1 aliphatic rings. The highest BCUT2D eigenvalue weighted by atomic mass is 32.2. The first-order valence-electron chi connectivity index (χ1n) is 8.13. The van der Waals surface area contributed by atoms with E-state index in [1.807, 2.05) is 6.07 Å². The maximum Gasteiger partial charge on any atom is 0.338 e. The predicted molar refractivity (Wildman–Crippen MR) is 97.3 cm³/mol. The molecule has 1 unspecified atom stereocenters. The Morgan fingerprint density at radius 3 is 2.41 bits per heavy atom. The van der Waals surface area contributed by atoms with Crippen LogP contribution in [0.25, 0.3) is 0 Å². The van der Waals surface area contributed by atoms with Gasteiger partial charge in [0, 0.05) is 14.1 Å². The molecule has 0 aliphatic carbocycles. The fourth-order valence-electron chi connectivity index (χ4n) is 2.73. The van der Waals surface area contributed by atoms with E-state index in [0.717, 1.165) is 4.31 Å². The fourth-order valence-corrected chi connectivity index (χ4v) is 3.63. The van der Waals surface area contributed by atoms with E-state index in [1.54, 1.807) is 26.0 Å². The lowest BCUT2D eigenvalue weighted by Gasteiger charge is -2.27. The van der Waals surface area contributed by atoms with Crippen molar-refractivity contribution >= 4 is 16.0 Å². The van der Waals surface area contributed by atoms with E-state index in [1.165, 1.54) is 26.2 Å². The number of sulfonamides is 1. The van der Waals surface area contributed by atoms with Crippen molar-refractivity contribution in [2.75, 3.05) is 20.7 Å². The van der Waals surface area contributed by atoms with Crippen LogP contribution in [-0.4, -0.2) is 39.4 Å². The van der Waals surface area contributed by atoms with Crippen LogP contribution >= 0.6 is 0 Å². The summed E-state index contributed by atoms with van der Waals surface area (Å²) in [5, 5.41) is 9.52. The summed E-state index contributed by atoms with van der Waals surface area (Å²) in [7, 11) is -0.731. The van der Waals surface area contributed by atoms with Gasteiger partial charge in [0.2, 0.25) is 15.9 Å². The summed E-state index contributed by atoms with van der Waals surface area (Å²) >= 11 is 0. The van der Waals surface area contributed by atoms with Crippen LogP contribution in [0.1, 0.15) is 25.3 Å². The second-order valence-electron chi connectivity index (χ2n) is 5.97. The molecule has 0 amide bonds. The zero-order valence-corrected chi connectivity index (χ0v) is 16.3. The number of nitriles is 1. The largest absolute Gasteiger partial charge is 0.463 e. The lowest BCUT2D eigenvalue weighted by atomic mass is 9.83. The topological polar surface area (TPSA) is 123 Å². The van der Waals surface area contributed by atoms with E-state index in [9.17, 15) is 18.5 Å². The third-order valence-electron chi connectivity index (χ3n) is 4.09. The van der Waals surface area contributed by atoms with Crippen molar-refractivity contribution in [2.45, 2.75) is 24.7 Å². The first-order valence-corrected chi connectivity index (χ1v) is 9.57. The van der Waals surface area contributed by atoms with E-state index in [4.69, 9.17) is 15.2 Å². The van der Waals surface area contributed by atoms with Gasteiger partial charge in [-0.3, -0.25) is 0 Å². The zero-order valence-electron chi connectivity index (χ0n) is 15.5. The Morgan fingerprint density at radius 1 is 1.33 bits per heavy atom. The van der Waals surface area contributed by atoms with Gasteiger partial charge in [0.15, 0.2) is 0 Å². The van der Waals surface area contributed by atoms with Gasteiger partial charge in [-0.15, -0.1) is 0 Å². The maximum absolute atomic E-state index is 12.4. The second kappa shape index (κ2) is 7.82. The normalized spacial score (nSPS) is 17.6. The molecular weight excluding hydrogens is 370 g/mol. The van der Waals surface area contributed by atoms with Gasteiger partial charge in [-0.25, -0.2) is 17.5 Å². The van der Waals surface area contributed by atoms with Crippen LogP contribution in [0.5, 0.6) is 0 Å². The van der Waals surface area contributed by atoms with Gasteiger partial charge < -0.3 is 15.2 Å². The van der Waals surface area contributed by atoms with Crippen molar-refractivity contribution in [2.24, 2.45) is 5.73 Å². The fraction of sp³-hybridized carbons (Fsp3) is 0.333. The second-order valence-corrected chi connectivity index (χ2v) is 8.12. The summed E-state index contributed by atoms with van der Waals surface area (Å²) in [6, 6.07) is 7.90. The minimum Gasteiger partial charge on any atom is -0.463 e. The van der Waals surface area contributed by atoms with Crippen LogP contribution in [0.4, 0.5) is 0 Å². The number of carbonyl (C=O) groups excluding carboxylic acids is 1. The molecule has 0 aromatic heterocycles. The molecule has 1 heterocycles. The van der Waals surface area contributed by atoms with E-state index in [0.29, 0.717) is 5.56 Å². The quantitative estimate of drug-likeness (QED) is 0.756. The molecule has 144 valence electrons. The molecule has 1 aromatic rings. The number of benzene rings is 1. The maximum atomic E-state index is 12.4. The molecule has 27 heavy (non-hydrogen) atoms. The van der Waals surface area contributed by atoms with Crippen LogP contribution in [0.3, 0.4) is 0 Å². The molecule has 0 fully saturated rings. The Hall–Kier alpha value is -2.83. The first kappa shape index (κ1) is 20.5. The summed E-state index contributed by atoms with van der Waals surface area (Å²) in [4.78, 5) is 12.5. The molecule has 0 radical (unpaired) electrons. The van der Waals surface area contributed by atoms with Crippen molar-refractivity contribution in [1.29, 1.82) is 5.26 Å². The Balaban J connectivity index is 2.59. The first-order chi connectivity index (χ1) is 12.6. The lowest BCUT2D eigenvalue weighted by molar-refractivity contribution is -0.139. The Bertz CT molecular complexity index is 954. The predicted octanol–water partition coefficient (Wildman–Crippen LogP) is 1.58. The van der Waals surface area contributed by atoms with Crippen molar-refractivity contribution in [3.63, 3.8) is 0 Å². The number of hydrogen-bond donors (Lipinski definition) is 1. The highest BCUT2D eigenvalue weighted by Crippen LogP contribution is 2.39. The molecule has 0 saturated heterocycles. The summed E-state index contributed by atoms with van der Waals surface area (Å²) in [6.07, 6.45) is 0. The number of hydrogen-bond acceptors (Lipinski definition) is 7. The van der Waals surface area contributed by atoms with Gasteiger partial charge >= 0.3 is 5.97 Å². The monoisotopic (exact) mass is 391 g/mol. The summed E-state index contributed by atoms with van der Waals surface area (Å²) < 4.78 is 36.0. The molecule has 1 atom stereocenters. The number of carbonyl (C=O) groups is 1. The van der Waals surface area contributed by atoms with Gasteiger partial charge in [0.05, 0.1) is 23.0 Å². The number of nitrogens with zero attached hydrogens (tertiary/aromatic N) is 2. The third-order valence-corrected chi connectivity index (χ3v) is 5.92. The number of ether oxygens (including phenoxy) is 2. The molecule has 0 spiro atoms. The van der Waals surface area contributed by atoms with Crippen LogP contribution in [0.2, 0.25) is 0 Å². The van der Waals surface area contributed by atoms with E-state index >= 15 is 0 Å². The van der Waals surface area contributed by atoms with Crippen LogP contribution in [0, 0.1) is 11.3 Å². The van der Waals surface area contributed by atoms with Gasteiger partial charge in [0.1, 0.15) is 17.4 Å². The van der Waals surface area contributed by atoms with E-state index in [-0.39, 0.29) is 34.3 Å². The summed E-state index contributed by atoms with van der Waals surface area (Å²) in [5.74, 6) is -1.29. The average molecular weight is 391 g/mol. The van der Waals surface area contributed by atoms with Crippen molar-refractivity contribution < 1.29 is 22.7 Å². The zero-order chi connectivity index (χ0) is 20.4. The smallest absolute Gasteiger partial charge is 0.338 e. The Morgan fingerprint density at radius 2 is 1.93 bits per heavy atom. The number of esters is 1. The molecule has 9 heteroatoms. The van der Waals surface area contributed by atoms with Crippen LogP contribution < -0.4 is 5.73 Å². The third kappa shape index (κ3) is 3.82.